The van der Waals surface area contributed by atoms with E-state index in [4.69, 9.17) is 9.07 Å². The highest BCUT2D eigenvalue weighted by Crippen LogP contribution is 2.63. The molecule has 0 amide bonds. The SMILES string of the molecule is CC(C)(P)C(C)(C)OBc1ccc2c(c1)C1(c3ccccc3-2)c2ccccc2-c2c1ccc1c2oc2ccccc21. The van der Waals surface area contributed by atoms with E-state index >= 15 is 0 Å². The smallest absolute Gasteiger partial charge is 0.309 e. The number of benzene rings is 5. The van der Waals surface area contributed by atoms with Gasteiger partial charge in [0.1, 0.15) is 11.2 Å². The Morgan fingerprint density at radius 2 is 1.32 bits per heavy atom. The second-order valence-electron chi connectivity index (χ2n) is 12.7. The largest absolute Gasteiger partial charge is 0.455 e. The second kappa shape index (κ2) is 8.45. The maximum absolute atomic E-state index is 6.64. The summed E-state index contributed by atoms with van der Waals surface area (Å²) in [6.07, 6.45) is 0. The second-order valence-corrected chi connectivity index (χ2v) is 14.1. The minimum atomic E-state index is -0.420. The number of hydrogen-bond donors (Lipinski definition) is 0. The van der Waals surface area contributed by atoms with Gasteiger partial charge in [-0.25, -0.2) is 0 Å². The number of furan rings is 1. The van der Waals surface area contributed by atoms with Crippen molar-refractivity contribution in [3.05, 3.63) is 125 Å². The molecular weight excluding hydrogens is 518 g/mol. The standard InChI is InChI=1S/C37H32BO2P/c1-35(2,36(3,4)41)40-38-22-17-18-24-23-11-5-8-14-28(23)37(31(24)21-22)29-15-9-6-13-27(29)33-30(37)20-19-26-25-12-7-10-16-32(25)39-34(26)33/h5-21,38H,41H2,1-4H3. The molecule has 0 aliphatic heterocycles. The number of fused-ring (bicyclic) bond motifs is 14. The van der Waals surface area contributed by atoms with Gasteiger partial charge in [-0.1, -0.05) is 116 Å². The minimum absolute atomic E-state index is 0.0531. The monoisotopic (exact) mass is 550 g/mol. The van der Waals surface area contributed by atoms with E-state index in [0.29, 0.717) is 7.48 Å². The highest BCUT2D eigenvalue weighted by molar-refractivity contribution is 7.19. The first-order chi connectivity index (χ1) is 19.7. The van der Waals surface area contributed by atoms with Crippen LogP contribution in [0.5, 0.6) is 0 Å². The van der Waals surface area contributed by atoms with Crippen molar-refractivity contribution in [1.82, 2.24) is 0 Å². The molecule has 41 heavy (non-hydrogen) atoms. The molecular formula is C37H32BO2P. The predicted molar refractivity (Wildman–Crippen MR) is 176 cm³/mol. The van der Waals surface area contributed by atoms with Crippen LogP contribution in [0, 0.1) is 0 Å². The van der Waals surface area contributed by atoms with Gasteiger partial charge in [0.15, 0.2) is 0 Å². The van der Waals surface area contributed by atoms with E-state index in [-0.39, 0.29) is 10.8 Å². The Balaban J connectivity index is 1.41. The molecule has 0 bridgehead atoms. The summed E-state index contributed by atoms with van der Waals surface area (Å²) < 4.78 is 13.2. The maximum atomic E-state index is 6.64. The van der Waals surface area contributed by atoms with Crippen molar-refractivity contribution < 1.29 is 9.07 Å². The van der Waals surface area contributed by atoms with Crippen molar-refractivity contribution in [2.24, 2.45) is 0 Å². The molecule has 1 spiro atoms. The molecule has 0 saturated heterocycles. The predicted octanol–water partition coefficient (Wildman–Crippen LogP) is 8.36. The van der Waals surface area contributed by atoms with Crippen LogP contribution in [0.4, 0.5) is 0 Å². The fourth-order valence-corrected chi connectivity index (χ4v) is 7.07. The topological polar surface area (TPSA) is 22.4 Å². The molecule has 2 atom stereocenters. The Kier molecular flexibility index (Phi) is 5.17. The lowest BCUT2D eigenvalue weighted by molar-refractivity contribution is 0.0841. The molecule has 2 aliphatic rings. The third-order valence-electron chi connectivity index (χ3n) is 9.81. The average molecular weight is 550 g/mol. The molecule has 0 N–H and O–H groups in total. The molecule has 5 aromatic carbocycles. The van der Waals surface area contributed by atoms with Crippen molar-refractivity contribution in [3.63, 3.8) is 0 Å². The van der Waals surface area contributed by atoms with E-state index in [2.05, 4.69) is 134 Å². The van der Waals surface area contributed by atoms with Crippen LogP contribution in [-0.2, 0) is 10.1 Å². The molecule has 8 rings (SSSR count). The Hall–Kier alpha value is -3.65. The third kappa shape index (κ3) is 3.28. The van der Waals surface area contributed by atoms with E-state index in [0.717, 1.165) is 16.6 Å². The van der Waals surface area contributed by atoms with Crippen molar-refractivity contribution in [2.75, 3.05) is 0 Å². The Morgan fingerprint density at radius 1 is 0.659 bits per heavy atom. The van der Waals surface area contributed by atoms with Gasteiger partial charge in [-0.15, -0.1) is 9.24 Å². The van der Waals surface area contributed by atoms with Crippen LogP contribution < -0.4 is 5.46 Å². The molecule has 2 nitrogen and oxygen atoms in total. The van der Waals surface area contributed by atoms with Crippen LogP contribution in [-0.4, -0.2) is 18.2 Å². The highest BCUT2D eigenvalue weighted by atomic mass is 31.0. The molecule has 2 aliphatic carbocycles. The first-order valence-corrected chi connectivity index (χ1v) is 15.0. The van der Waals surface area contributed by atoms with E-state index in [1.54, 1.807) is 0 Å². The number of para-hydroxylation sites is 1. The summed E-state index contributed by atoms with van der Waals surface area (Å²) in [4.78, 5) is 0. The van der Waals surface area contributed by atoms with Crippen LogP contribution in [0.2, 0.25) is 0 Å². The molecule has 2 unspecified atom stereocenters. The van der Waals surface area contributed by atoms with Gasteiger partial charge in [-0.05, 0) is 58.9 Å². The molecule has 1 aromatic heterocycles. The lowest BCUT2D eigenvalue weighted by Gasteiger charge is -2.39. The lowest BCUT2D eigenvalue weighted by atomic mass is 9.69. The first-order valence-electron chi connectivity index (χ1n) is 14.4. The molecule has 1 heterocycles. The lowest BCUT2D eigenvalue weighted by Crippen LogP contribution is -2.45. The van der Waals surface area contributed by atoms with Crippen molar-refractivity contribution in [1.29, 1.82) is 0 Å². The quantitative estimate of drug-likeness (QED) is 0.162. The van der Waals surface area contributed by atoms with Gasteiger partial charge < -0.3 is 9.07 Å². The minimum Gasteiger partial charge on any atom is -0.455 e. The Morgan fingerprint density at radius 3 is 2.10 bits per heavy atom. The van der Waals surface area contributed by atoms with Gasteiger partial charge in [0, 0.05) is 21.5 Å². The zero-order valence-corrected chi connectivity index (χ0v) is 25.1. The van der Waals surface area contributed by atoms with E-state index < -0.39 is 5.41 Å². The van der Waals surface area contributed by atoms with Gasteiger partial charge in [0.2, 0.25) is 0 Å². The summed E-state index contributed by atoms with van der Waals surface area (Å²) in [6, 6.07) is 37.8. The summed E-state index contributed by atoms with van der Waals surface area (Å²) in [5, 5.41) is 2.28. The first kappa shape index (κ1) is 25.1. The Bertz CT molecular complexity index is 2030. The van der Waals surface area contributed by atoms with Crippen LogP contribution in [0.15, 0.2) is 108 Å². The Labute approximate surface area is 244 Å². The van der Waals surface area contributed by atoms with E-state index in [9.17, 15) is 0 Å². The zero-order chi connectivity index (χ0) is 28.1. The zero-order valence-electron chi connectivity index (χ0n) is 23.9. The third-order valence-corrected chi connectivity index (χ3v) is 10.5. The molecule has 200 valence electrons. The number of rotatable bonds is 4. The molecule has 0 fully saturated rings. The fourth-order valence-electron chi connectivity index (χ4n) is 6.99. The van der Waals surface area contributed by atoms with Crippen molar-refractivity contribution in [3.8, 4) is 22.3 Å². The summed E-state index contributed by atoms with van der Waals surface area (Å²) in [5.41, 5.74) is 12.7. The summed E-state index contributed by atoms with van der Waals surface area (Å²) in [6.45, 7) is 8.76. The van der Waals surface area contributed by atoms with Crippen LogP contribution >= 0.6 is 9.24 Å². The van der Waals surface area contributed by atoms with Gasteiger partial charge >= 0.3 is 7.48 Å². The average Bonchev–Trinajstić information content (AvgIpc) is 3.59. The van der Waals surface area contributed by atoms with Gasteiger partial charge in [-0.3, -0.25) is 0 Å². The van der Waals surface area contributed by atoms with Crippen molar-refractivity contribution in [2.45, 2.75) is 43.9 Å². The van der Waals surface area contributed by atoms with Crippen LogP contribution in [0.3, 0.4) is 0 Å². The van der Waals surface area contributed by atoms with Crippen LogP contribution in [0.25, 0.3) is 44.2 Å². The van der Waals surface area contributed by atoms with Gasteiger partial charge in [0.25, 0.3) is 0 Å². The maximum Gasteiger partial charge on any atom is 0.309 e. The van der Waals surface area contributed by atoms with Crippen molar-refractivity contribution >= 4 is 44.1 Å². The number of hydrogen-bond acceptors (Lipinski definition) is 2. The van der Waals surface area contributed by atoms with E-state index in [1.165, 1.54) is 55.4 Å². The van der Waals surface area contributed by atoms with Crippen LogP contribution in [0.1, 0.15) is 49.9 Å². The molecule has 4 heteroatoms. The van der Waals surface area contributed by atoms with Gasteiger partial charge in [0.05, 0.1) is 11.0 Å². The highest BCUT2D eigenvalue weighted by Gasteiger charge is 2.52. The molecule has 6 aromatic rings. The normalized spacial score (nSPS) is 17.1. The molecule has 0 saturated carbocycles. The summed E-state index contributed by atoms with van der Waals surface area (Å²) in [7, 11) is 3.50. The molecule has 0 radical (unpaired) electrons. The summed E-state index contributed by atoms with van der Waals surface area (Å²) >= 11 is 0. The van der Waals surface area contributed by atoms with Gasteiger partial charge in [-0.2, -0.15) is 0 Å². The fraction of sp³-hybridized carbons (Fsp3) is 0.189. The summed E-state index contributed by atoms with van der Waals surface area (Å²) in [5.74, 6) is 0. The van der Waals surface area contributed by atoms with E-state index in [1.807, 2.05) is 6.07 Å².